The van der Waals surface area contributed by atoms with E-state index >= 15 is 0 Å². The Morgan fingerprint density at radius 3 is 2.63 bits per heavy atom. The maximum atomic E-state index is 13.5. The van der Waals surface area contributed by atoms with Gasteiger partial charge in [0, 0.05) is 38.7 Å². The van der Waals surface area contributed by atoms with Crippen molar-refractivity contribution in [2.75, 3.05) is 31.7 Å². The molecular formula is C27H39ClN4O6. The molecule has 11 heteroatoms. The lowest BCUT2D eigenvalue weighted by Gasteiger charge is -2.22. The molecule has 2 heterocycles. The second kappa shape index (κ2) is 15.1. The summed E-state index contributed by atoms with van der Waals surface area (Å²) in [7, 11) is 1.59. The molecule has 1 fully saturated rings. The minimum atomic E-state index is -0.462. The van der Waals surface area contributed by atoms with Crippen LogP contribution < -0.4 is 16.6 Å². The zero-order valence-electron chi connectivity index (χ0n) is 22.7. The third kappa shape index (κ3) is 8.97. The van der Waals surface area contributed by atoms with E-state index in [4.69, 9.17) is 30.5 Å². The van der Waals surface area contributed by atoms with E-state index in [1.165, 1.54) is 9.13 Å². The smallest absolute Gasteiger partial charge is 0.332 e. The van der Waals surface area contributed by atoms with E-state index in [-0.39, 0.29) is 30.4 Å². The number of nitrogens with zero attached hydrogens (tertiary/aromatic N) is 3. The van der Waals surface area contributed by atoms with Gasteiger partial charge in [0.15, 0.2) is 18.0 Å². The van der Waals surface area contributed by atoms with E-state index < -0.39 is 11.2 Å². The summed E-state index contributed by atoms with van der Waals surface area (Å²) in [4.78, 5) is 31.2. The predicted molar refractivity (Wildman–Crippen MR) is 149 cm³/mol. The first-order valence-electron chi connectivity index (χ1n) is 13.1. The van der Waals surface area contributed by atoms with Gasteiger partial charge in [0.05, 0.1) is 19.3 Å². The van der Waals surface area contributed by atoms with Crippen molar-refractivity contribution in [2.45, 2.75) is 71.9 Å². The molecule has 1 N–H and O–H groups in total. The molecule has 3 rings (SSSR count). The first-order chi connectivity index (χ1) is 18.3. The van der Waals surface area contributed by atoms with Gasteiger partial charge in [-0.1, -0.05) is 23.7 Å². The topological polar surface area (TPSA) is 105 Å². The monoisotopic (exact) mass is 550 g/mol. The zero-order chi connectivity index (χ0) is 27.5. The van der Waals surface area contributed by atoms with Crippen molar-refractivity contribution < 1.29 is 18.9 Å². The molecule has 0 aliphatic carbocycles. The number of hydrogen-bond donors (Lipinski definition) is 1. The molecule has 1 aliphatic heterocycles. The van der Waals surface area contributed by atoms with Crippen molar-refractivity contribution in [3.63, 3.8) is 0 Å². The van der Waals surface area contributed by atoms with Gasteiger partial charge in [-0.2, -0.15) is 4.99 Å². The lowest BCUT2D eigenvalue weighted by atomic mass is 10.2. The molecule has 0 radical (unpaired) electrons. The fourth-order valence-corrected chi connectivity index (χ4v) is 4.09. The van der Waals surface area contributed by atoms with Crippen LogP contribution in [0, 0.1) is 0 Å². The normalized spacial score (nSPS) is 16.2. The molecule has 10 nitrogen and oxygen atoms in total. The van der Waals surface area contributed by atoms with Crippen LogP contribution in [0.1, 0.15) is 52.0 Å². The van der Waals surface area contributed by atoms with Gasteiger partial charge in [0.2, 0.25) is 0 Å². The number of anilines is 1. The molecule has 0 saturated carbocycles. The molecule has 0 bridgehead atoms. The van der Waals surface area contributed by atoms with Crippen molar-refractivity contribution in [1.29, 1.82) is 0 Å². The minimum Gasteiger partial charge on any atom is -0.478 e. The summed E-state index contributed by atoms with van der Waals surface area (Å²) in [6, 6.07) is 7.30. The second-order valence-corrected chi connectivity index (χ2v) is 9.83. The van der Waals surface area contributed by atoms with E-state index in [1.807, 2.05) is 26.0 Å². The SMILES string of the molecule is C/C(=N\c1c(NCc2ccc(Cl)cc2)c(=O)n(CCCOC2CCCCO2)c(=O)n1C)OCCOC(C)C. The molecule has 1 saturated heterocycles. The third-order valence-electron chi connectivity index (χ3n) is 5.98. The Morgan fingerprint density at radius 1 is 1.18 bits per heavy atom. The van der Waals surface area contributed by atoms with Crippen LogP contribution >= 0.6 is 11.6 Å². The Kier molecular flexibility index (Phi) is 11.8. The molecule has 0 spiro atoms. The van der Waals surface area contributed by atoms with Crippen molar-refractivity contribution >= 4 is 29.0 Å². The van der Waals surface area contributed by atoms with E-state index in [9.17, 15) is 9.59 Å². The van der Waals surface area contributed by atoms with E-state index in [0.29, 0.717) is 50.3 Å². The highest BCUT2D eigenvalue weighted by atomic mass is 35.5. The average molecular weight is 551 g/mol. The number of rotatable bonds is 13. The summed E-state index contributed by atoms with van der Waals surface area (Å²) < 4.78 is 25.1. The van der Waals surface area contributed by atoms with Crippen molar-refractivity contribution in [1.82, 2.24) is 9.13 Å². The minimum absolute atomic E-state index is 0.0912. The standard InChI is InChI=1S/C27H39ClN4O6/c1-19(2)35-16-17-36-20(3)30-25-24(29-18-21-9-11-22(28)12-10-21)26(33)32(27(34)31(25)4)13-7-15-38-23-8-5-6-14-37-23/h9-12,19,23,29H,5-8,13-18H2,1-4H3/b30-20+. The highest BCUT2D eigenvalue weighted by molar-refractivity contribution is 6.30. The van der Waals surface area contributed by atoms with Crippen LogP contribution in [0.4, 0.5) is 11.5 Å². The highest BCUT2D eigenvalue weighted by Gasteiger charge is 2.19. The Bertz CT molecular complexity index is 1170. The van der Waals surface area contributed by atoms with Gasteiger partial charge < -0.3 is 24.3 Å². The molecule has 1 atom stereocenters. The Labute approximate surface area is 228 Å². The van der Waals surface area contributed by atoms with Gasteiger partial charge in [-0.05, 0) is 57.2 Å². The molecule has 0 amide bonds. The Morgan fingerprint density at radius 2 is 1.95 bits per heavy atom. The second-order valence-electron chi connectivity index (χ2n) is 9.40. The summed E-state index contributed by atoms with van der Waals surface area (Å²) in [5, 5.41) is 3.80. The highest BCUT2D eigenvalue weighted by Crippen LogP contribution is 2.21. The van der Waals surface area contributed by atoms with E-state index in [2.05, 4.69) is 10.3 Å². The lowest BCUT2D eigenvalue weighted by molar-refractivity contribution is -0.163. The quantitative estimate of drug-likeness (QED) is 0.226. The van der Waals surface area contributed by atoms with Crippen molar-refractivity contribution in [3.05, 3.63) is 55.7 Å². The van der Waals surface area contributed by atoms with Gasteiger partial charge in [0.1, 0.15) is 12.3 Å². The first-order valence-corrected chi connectivity index (χ1v) is 13.5. The molecule has 1 aliphatic rings. The van der Waals surface area contributed by atoms with Crippen molar-refractivity contribution in [3.8, 4) is 0 Å². The van der Waals surface area contributed by atoms with Crippen LogP contribution in [0.3, 0.4) is 0 Å². The van der Waals surface area contributed by atoms with Crippen LogP contribution in [0.2, 0.25) is 5.02 Å². The molecular weight excluding hydrogens is 512 g/mol. The van der Waals surface area contributed by atoms with Crippen LogP contribution in [0.5, 0.6) is 0 Å². The van der Waals surface area contributed by atoms with Gasteiger partial charge in [-0.15, -0.1) is 0 Å². The maximum Gasteiger partial charge on any atom is 0.332 e. The third-order valence-corrected chi connectivity index (χ3v) is 6.23. The predicted octanol–water partition coefficient (Wildman–Crippen LogP) is 4.24. The lowest BCUT2D eigenvalue weighted by Crippen LogP contribution is -2.40. The molecule has 1 unspecified atom stereocenters. The van der Waals surface area contributed by atoms with Crippen LogP contribution in [0.25, 0.3) is 0 Å². The number of benzene rings is 1. The zero-order valence-corrected chi connectivity index (χ0v) is 23.5. The largest absolute Gasteiger partial charge is 0.478 e. The Balaban J connectivity index is 1.81. The first kappa shape index (κ1) is 29.9. The van der Waals surface area contributed by atoms with Crippen molar-refractivity contribution in [2.24, 2.45) is 12.0 Å². The summed E-state index contributed by atoms with van der Waals surface area (Å²) in [5.74, 6) is 0.513. The van der Waals surface area contributed by atoms with Gasteiger partial charge >= 0.3 is 5.69 Å². The van der Waals surface area contributed by atoms with Crippen LogP contribution in [-0.4, -0.2) is 53.9 Å². The van der Waals surface area contributed by atoms with E-state index in [0.717, 1.165) is 24.8 Å². The fourth-order valence-electron chi connectivity index (χ4n) is 3.97. The summed E-state index contributed by atoms with van der Waals surface area (Å²) in [6.07, 6.45) is 3.34. The molecule has 1 aromatic carbocycles. The number of aromatic nitrogens is 2. The summed E-state index contributed by atoms with van der Waals surface area (Å²) in [6.45, 7) is 7.91. The van der Waals surface area contributed by atoms with Gasteiger partial charge in [-0.25, -0.2) is 4.79 Å². The van der Waals surface area contributed by atoms with E-state index in [1.54, 1.807) is 26.1 Å². The maximum absolute atomic E-state index is 13.5. The summed E-state index contributed by atoms with van der Waals surface area (Å²) >= 11 is 6.00. The number of halogens is 1. The van der Waals surface area contributed by atoms with Crippen LogP contribution in [-0.2, 0) is 39.1 Å². The molecule has 210 valence electrons. The Hall–Kier alpha value is -2.66. The average Bonchev–Trinajstić information content (AvgIpc) is 2.90. The molecule has 1 aromatic heterocycles. The van der Waals surface area contributed by atoms with Crippen LogP contribution in [0.15, 0.2) is 38.8 Å². The fraction of sp³-hybridized carbons (Fsp3) is 0.593. The number of nitrogens with one attached hydrogen (secondary N) is 1. The summed E-state index contributed by atoms with van der Waals surface area (Å²) in [5.41, 5.74) is 0.213. The number of ether oxygens (including phenoxy) is 4. The molecule has 38 heavy (non-hydrogen) atoms. The number of hydrogen-bond acceptors (Lipinski definition) is 8. The van der Waals surface area contributed by atoms with Gasteiger partial charge in [-0.3, -0.25) is 13.9 Å². The number of aliphatic imine (C=N–C) groups is 1. The van der Waals surface area contributed by atoms with Gasteiger partial charge in [0.25, 0.3) is 5.56 Å². The molecule has 2 aromatic rings.